The molecule has 1 amide bonds. The lowest BCUT2D eigenvalue weighted by molar-refractivity contribution is -0.144. The molecule has 1 aromatic carbocycles. The molecule has 1 saturated heterocycles. The zero-order chi connectivity index (χ0) is 17.7. The molecule has 2 aromatic rings. The molecule has 1 aromatic heterocycles. The molecule has 3 rings (SSSR count). The maximum Gasteiger partial charge on any atom is 0.329 e. The first-order valence-electron chi connectivity index (χ1n) is 7.77. The number of hydrogen-bond donors (Lipinski definition) is 2. The highest BCUT2D eigenvalue weighted by molar-refractivity contribution is 7.99. The van der Waals surface area contributed by atoms with Gasteiger partial charge in [-0.3, -0.25) is 9.78 Å². The van der Waals surface area contributed by atoms with Crippen molar-refractivity contribution in [2.75, 3.05) is 11.5 Å². The average Bonchev–Trinajstić information content (AvgIpc) is 2.63. The Morgan fingerprint density at radius 2 is 2.04 bits per heavy atom. The van der Waals surface area contributed by atoms with E-state index in [0.717, 1.165) is 0 Å². The summed E-state index contributed by atoms with van der Waals surface area (Å²) in [4.78, 5) is 32.2. The maximum absolute atomic E-state index is 12.6. The number of carbonyl (C=O) groups excluding carboxylic acids is 1. The van der Waals surface area contributed by atoms with Gasteiger partial charge in [0.2, 0.25) is 5.88 Å². The number of carboxylic acid groups (broad SMARTS) is 1. The predicted molar refractivity (Wildman–Crippen MR) is 92.9 cm³/mol. The molecule has 1 aliphatic heterocycles. The summed E-state index contributed by atoms with van der Waals surface area (Å²) in [5.41, 5.74) is -0.871. The van der Waals surface area contributed by atoms with Crippen molar-refractivity contribution in [2.24, 2.45) is 0 Å². The van der Waals surface area contributed by atoms with Crippen LogP contribution in [0.15, 0.2) is 42.9 Å². The van der Waals surface area contributed by atoms with E-state index in [1.807, 2.05) is 0 Å². The van der Waals surface area contributed by atoms with Gasteiger partial charge in [0.1, 0.15) is 11.3 Å². The largest absolute Gasteiger partial charge is 0.480 e. The highest BCUT2D eigenvalue weighted by Gasteiger charge is 2.41. The van der Waals surface area contributed by atoms with Crippen LogP contribution < -0.4 is 10.1 Å². The Hall–Kier alpha value is -2.61. The number of nitrogens with zero attached hydrogens (tertiary/aromatic N) is 2. The van der Waals surface area contributed by atoms with Crippen molar-refractivity contribution >= 4 is 23.6 Å². The lowest BCUT2D eigenvalue weighted by atomic mass is 9.92. The first kappa shape index (κ1) is 17.2. The first-order chi connectivity index (χ1) is 12.1. The number of nitrogens with one attached hydrogen (secondary N) is 1. The number of carbonyl (C=O) groups is 2. The third-order valence-electron chi connectivity index (χ3n) is 3.97. The molecular weight excluding hydrogens is 342 g/mol. The Kier molecular flexibility index (Phi) is 5.18. The second kappa shape index (κ2) is 7.52. The standard InChI is InChI=1S/C17H17N3O4S/c21-15(20-17(16(22)23)4-8-25-9-5-17)12-2-1-3-13(10-12)24-14-11-18-6-7-19-14/h1-3,6-7,10-11H,4-5,8-9H2,(H,20,21)(H,22,23). The van der Waals surface area contributed by atoms with Crippen LogP contribution >= 0.6 is 11.8 Å². The maximum atomic E-state index is 12.6. The van der Waals surface area contributed by atoms with E-state index in [4.69, 9.17) is 4.74 Å². The van der Waals surface area contributed by atoms with Gasteiger partial charge in [0.15, 0.2) is 0 Å². The van der Waals surface area contributed by atoms with Gasteiger partial charge < -0.3 is 15.2 Å². The monoisotopic (exact) mass is 359 g/mol. The van der Waals surface area contributed by atoms with Crippen molar-refractivity contribution in [1.29, 1.82) is 0 Å². The van der Waals surface area contributed by atoms with E-state index in [0.29, 0.717) is 41.5 Å². The van der Waals surface area contributed by atoms with Crippen LogP contribution in [0.1, 0.15) is 23.2 Å². The molecule has 2 heterocycles. The summed E-state index contributed by atoms with van der Waals surface area (Å²) in [6.07, 6.45) is 5.32. The second-order valence-electron chi connectivity index (χ2n) is 5.63. The van der Waals surface area contributed by atoms with Crippen LogP contribution in [0.2, 0.25) is 0 Å². The molecular formula is C17H17N3O4S. The molecule has 25 heavy (non-hydrogen) atoms. The Morgan fingerprint density at radius 1 is 1.24 bits per heavy atom. The third-order valence-corrected chi connectivity index (χ3v) is 4.95. The number of amides is 1. The van der Waals surface area contributed by atoms with E-state index in [1.165, 1.54) is 18.6 Å². The Bertz CT molecular complexity index is 763. The lowest BCUT2D eigenvalue weighted by Gasteiger charge is -2.33. The number of thioether (sulfide) groups is 1. The van der Waals surface area contributed by atoms with Gasteiger partial charge >= 0.3 is 5.97 Å². The quantitative estimate of drug-likeness (QED) is 0.845. The fraction of sp³-hybridized carbons (Fsp3) is 0.294. The van der Waals surface area contributed by atoms with Crippen LogP contribution in [-0.2, 0) is 4.79 Å². The summed E-state index contributed by atoms with van der Waals surface area (Å²) in [5.74, 6) is 0.736. The van der Waals surface area contributed by atoms with Crippen molar-refractivity contribution in [3.63, 3.8) is 0 Å². The van der Waals surface area contributed by atoms with E-state index in [1.54, 1.807) is 36.0 Å². The number of hydrogen-bond acceptors (Lipinski definition) is 6. The number of benzene rings is 1. The number of ether oxygens (including phenoxy) is 1. The van der Waals surface area contributed by atoms with Crippen molar-refractivity contribution in [3.8, 4) is 11.6 Å². The van der Waals surface area contributed by atoms with E-state index < -0.39 is 17.4 Å². The zero-order valence-electron chi connectivity index (χ0n) is 13.3. The molecule has 0 atom stereocenters. The van der Waals surface area contributed by atoms with Gasteiger partial charge in [-0.15, -0.1) is 0 Å². The summed E-state index contributed by atoms with van der Waals surface area (Å²) in [5, 5.41) is 12.3. The van der Waals surface area contributed by atoms with Crippen LogP contribution in [0.3, 0.4) is 0 Å². The number of carboxylic acids is 1. The minimum Gasteiger partial charge on any atom is -0.480 e. The van der Waals surface area contributed by atoms with Gasteiger partial charge in [-0.1, -0.05) is 6.07 Å². The van der Waals surface area contributed by atoms with Gasteiger partial charge in [0.05, 0.1) is 6.20 Å². The molecule has 130 valence electrons. The van der Waals surface area contributed by atoms with Crippen LogP contribution in [-0.4, -0.2) is 44.0 Å². The number of aromatic nitrogens is 2. The fourth-order valence-electron chi connectivity index (χ4n) is 2.56. The molecule has 0 spiro atoms. The summed E-state index contributed by atoms with van der Waals surface area (Å²) in [7, 11) is 0. The normalized spacial score (nSPS) is 16.0. The van der Waals surface area contributed by atoms with E-state index in [9.17, 15) is 14.7 Å². The van der Waals surface area contributed by atoms with Crippen LogP contribution in [0.5, 0.6) is 11.6 Å². The van der Waals surface area contributed by atoms with Crippen molar-refractivity contribution < 1.29 is 19.4 Å². The summed E-state index contributed by atoms with van der Waals surface area (Å²) in [6.45, 7) is 0. The first-order valence-corrected chi connectivity index (χ1v) is 8.92. The van der Waals surface area contributed by atoms with E-state index in [2.05, 4.69) is 15.3 Å². The predicted octanol–water partition coefficient (Wildman–Crippen LogP) is 2.35. The molecule has 0 saturated carbocycles. The summed E-state index contributed by atoms with van der Waals surface area (Å²) < 4.78 is 5.56. The van der Waals surface area contributed by atoms with Gasteiger partial charge in [0, 0.05) is 18.0 Å². The summed E-state index contributed by atoms with van der Waals surface area (Å²) >= 11 is 1.69. The van der Waals surface area contributed by atoms with Gasteiger partial charge in [-0.25, -0.2) is 9.78 Å². The van der Waals surface area contributed by atoms with E-state index in [-0.39, 0.29) is 0 Å². The SMILES string of the molecule is O=C(NC1(C(=O)O)CCSCC1)c1cccc(Oc2cnccn2)c1. The second-order valence-corrected chi connectivity index (χ2v) is 6.85. The molecule has 7 nitrogen and oxygen atoms in total. The minimum atomic E-state index is -1.20. The van der Waals surface area contributed by atoms with Crippen molar-refractivity contribution in [3.05, 3.63) is 48.4 Å². The highest BCUT2D eigenvalue weighted by Crippen LogP contribution is 2.28. The van der Waals surface area contributed by atoms with Crippen LogP contribution in [0.25, 0.3) is 0 Å². The van der Waals surface area contributed by atoms with Crippen LogP contribution in [0.4, 0.5) is 0 Å². The topological polar surface area (TPSA) is 101 Å². The van der Waals surface area contributed by atoms with Gasteiger partial charge in [-0.2, -0.15) is 11.8 Å². The minimum absolute atomic E-state index is 0.311. The Morgan fingerprint density at radius 3 is 2.72 bits per heavy atom. The Balaban J connectivity index is 1.76. The fourth-order valence-corrected chi connectivity index (χ4v) is 3.75. The highest BCUT2D eigenvalue weighted by atomic mass is 32.2. The third kappa shape index (κ3) is 4.08. The van der Waals surface area contributed by atoms with Gasteiger partial charge in [-0.05, 0) is 42.5 Å². The molecule has 0 unspecified atom stereocenters. The lowest BCUT2D eigenvalue weighted by Crippen LogP contribution is -2.56. The summed E-state index contributed by atoms with van der Waals surface area (Å²) in [6, 6.07) is 6.53. The van der Waals surface area contributed by atoms with Crippen LogP contribution in [0, 0.1) is 0 Å². The van der Waals surface area contributed by atoms with E-state index >= 15 is 0 Å². The smallest absolute Gasteiger partial charge is 0.329 e. The molecule has 1 fully saturated rings. The number of aliphatic carboxylic acids is 1. The van der Waals surface area contributed by atoms with Crippen molar-refractivity contribution in [1.82, 2.24) is 15.3 Å². The van der Waals surface area contributed by atoms with Gasteiger partial charge in [0.25, 0.3) is 5.91 Å². The zero-order valence-corrected chi connectivity index (χ0v) is 14.2. The number of rotatable bonds is 5. The molecule has 0 aliphatic carbocycles. The molecule has 0 radical (unpaired) electrons. The van der Waals surface area contributed by atoms with Crippen molar-refractivity contribution in [2.45, 2.75) is 18.4 Å². The molecule has 1 aliphatic rings. The molecule has 0 bridgehead atoms. The Labute approximate surface area is 148 Å². The molecule has 2 N–H and O–H groups in total. The average molecular weight is 359 g/mol. The molecule has 8 heteroatoms.